The number of fused-ring (bicyclic) bond motifs is 1. The summed E-state index contributed by atoms with van der Waals surface area (Å²) >= 11 is 0. The Balaban J connectivity index is 2.43. The van der Waals surface area contributed by atoms with E-state index in [1.165, 1.54) is 5.56 Å². The Bertz CT molecular complexity index is 437. The molecular formula is C14H18O3. The molecule has 17 heavy (non-hydrogen) atoms. The van der Waals surface area contributed by atoms with Gasteiger partial charge in [0.1, 0.15) is 17.3 Å². The fraction of sp³-hybridized carbons (Fsp3) is 0.500. The van der Waals surface area contributed by atoms with Gasteiger partial charge in [0.25, 0.3) is 0 Å². The molecule has 1 aliphatic carbocycles. The maximum Gasteiger partial charge on any atom is 0.133 e. The number of carbonyl (C=O) groups is 1. The van der Waals surface area contributed by atoms with Crippen molar-refractivity contribution >= 4 is 5.78 Å². The molecule has 92 valence electrons. The molecule has 1 unspecified atom stereocenters. The highest BCUT2D eigenvalue weighted by atomic mass is 16.5. The maximum atomic E-state index is 11.5. The van der Waals surface area contributed by atoms with Crippen LogP contribution in [0.4, 0.5) is 0 Å². The number of carbonyl (C=O) groups excluding carboxylic acids is 1. The minimum Gasteiger partial charge on any atom is -0.496 e. The minimum absolute atomic E-state index is 0.128. The second-order valence-corrected chi connectivity index (χ2v) is 4.48. The van der Waals surface area contributed by atoms with Crippen LogP contribution < -0.4 is 9.47 Å². The van der Waals surface area contributed by atoms with Gasteiger partial charge in [0.15, 0.2) is 0 Å². The molecule has 0 saturated heterocycles. The van der Waals surface area contributed by atoms with Gasteiger partial charge < -0.3 is 9.47 Å². The zero-order valence-corrected chi connectivity index (χ0v) is 10.6. The molecule has 0 saturated carbocycles. The summed E-state index contributed by atoms with van der Waals surface area (Å²) in [5, 5.41) is 0. The topological polar surface area (TPSA) is 35.5 Å². The van der Waals surface area contributed by atoms with Crippen molar-refractivity contribution in [2.75, 3.05) is 14.2 Å². The third kappa shape index (κ3) is 2.14. The van der Waals surface area contributed by atoms with Gasteiger partial charge in [-0.05, 0) is 38.3 Å². The lowest BCUT2D eigenvalue weighted by Gasteiger charge is -2.25. The predicted molar refractivity (Wildman–Crippen MR) is 65.7 cm³/mol. The molecule has 3 heteroatoms. The average Bonchev–Trinajstić information content (AvgIpc) is 2.36. The van der Waals surface area contributed by atoms with E-state index in [1.807, 2.05) is 12.1 Å². The summed E-state index contributed by atoms with van der Waals surface area (Å²) < 4.78 is 10.7. The SMILES string of the molecule is COc1ccc(OC)c2c1CCC(C(C)=O)C2. The van der Waals surface area contributed by atoms with E-state index in [1.54, 1.807) is 21.1 Å². The molecule has 0 fully saturated rings. The lowest BCUT2D eigenvalue weighted by molar-refractivity contribution is -0.121. The summed E-state index contributed by atoms with van der Waals surface area (Å²) in [7, 11) is 3.35. The summed E-state index contributed by atoms with van der Waals surface area (Å²) in [5.41, 5.74) is 2.34. The van der Waals surface area contributed by atoms with E-state index in [0.29, 0.717) is 0 Å². The Labute approximate surface area is 102 Å². The molecule has 0 amide bonds. The number of Topliss-reactive ketones (excluding diaryl/α,β-unsaturated/α-hetero) is 1. The highest BCUT2D eigenvalue weighted by Gasteiger charge is 2.26. The third-order valence-electron chi connectivity index (χ3n) is 3.55. The number of benzene rings is 1. The van der Waals surface area contributed by atoms with Crippen LogP contribution in [0, 0.1) is 5.92 Å². The number of hydrogen-bond donors (Lipinski definition) is 0. The van der Waals surface area contributed by atoms with Crippen molar-refractivity contribution < 1.29 is 14.3 Å². The summed E-state index contributed by atoms with van der Waals surface area (Å²) in [6.45, 7) is 1.67. The number of hydrogen-bond acceptors (Lipinski definition) is 3. The Morgan fingerprint density at radius 1 is 1.18 bits per heavy atom. The van der Waals surface area contributed by atoms with Gasteiger partial charge in [-0.1, -0.05) is 0 Å². The zero-order chi connectivity index (χ0) is 12.4. The largest absolute Gasteiger partial charge is 0.496 e. The fourth-order valence-electron chi connectivity index (χ4n) is 2.54. The molecule has 0 aromatic heterocycles. The molecule has 0 bridgehead atoms. The monoisotopic (exact) mass is 234 g/mol. The van der Waals surface area contributed by atoms with Crippen LogP contribution in [0.1, 0.15) is 24.5 Å². The van der Waals surface area contributed by atoms with E-state index in [2.05, 4.69) is 0 Å². The Morgan fingerprint density at radius 2 is 1.76 bits per heavy atom. The molecule has 0 spiro atoms. The molecular weight excluding hydrogens is 216 g/mol. The molecule has 1 atom stereocenters. The number of rotatable bonds is 3. The summed E-state index contributed by atoms with van der Waals surface area (Å²) in [5.74, 6) is 2.17. The van der Waals surface area contributed by atoms with Crippen molar-refractivity contribution in [3.05, 3.63) is 23.3 Å². The first-order valence-electron chi connectivity index (χ1n) is 5.90. The molecule has 0 N–H and O–H groups in total. The minimum atomic E-state index is 0.128. The molecule has 1 aromatic rings. The van der Waals surface area contributed by atoms with E-state index in [4.69, 9.17) is 9.47 Å². The van der Waals surface area contributed by atoms with E-state index < -0.39 is 0 Å². The van der Waals surface area contributed by atoms with E-state index in [0.717, 1.165) is 36.3 Å². The van der Waals surface area contributed by atoms with Gasteiger partial charge in [-0.2, -0.15) is 0 Å². The van der Waals surface area contributed by atoms with Gasteiger partial charge in [-0.25, -0.2) is 0 Å². The molecule has 0 aliphatic heterocycles. The Hall–Kier alpha value is -1.51. The van der Waals surface area contributed by atoms with Crippen LogP contribution in [0.15, 0.2) is 12.1 Å². The third-order valence-corrected chi connectivity index (χ3v) is 3.55. The second-order valence-electron chi connectivity index (χ2n) is 4.48. The van der Waals surface area contributed by atoms with Gasteiger partial charge in [-0.3, -0.25) is 4.79 Å². The highest BCUT2D eigenvalue weighted by molar-refractivity contribution is 5.79. The number of ketones is 1. The Kier molecular flexibility index (Phi) is 3.36. The van der Waals surface area contributed by atoms with Crippen LogP contribution in [-0.4, -0.2) is 20.0 Å². The zero-order valence-electron chi connectivity index (χ0n) is 10.6. The lowest BCUT2D eigenvalue weighted by Crippen LogP contribution is -2.21. The van der Waals surface area contributed by atoms with Crippen LogP contribution in [0.5, 0.6) is 11.5 Å². The molecule has 0 heterocycles. The first-order valence-corrected chi connectivity index (χ1v) is 5.90. The van der Waals surface area contributed by atoms with E-state index in [9.17, 15) is 4.79 Å². The average molecular weight is 234 g/mol. The van der Waals surface area contributed by atoms with Crippen LogP contribution in [0.25, 0.3) is 0 Å². The quantitative estimate of drug-likeness (QED) is 0.805. The van der Waals surface area contributed by atoms with Crippen molar-refractivity contribution in [3.63, 3.8) is 0 Å². The summed E-state index contributed by atoms with van der Waals surface area (Å²) in [6, 6.07) is 3.85. The lowest BCUT2D eigenvalue weighted by atomic mass is 9.81. The van der Waals surface area contributed by atoms with Gasteiger partial charge >= 0.3 is 0 Å². The second kappa shape index (κ2) is 4.78. The van der Waals surface area contributed by atoms with Crippen molar-refractivity contribution in [2.45, 2.75) is 26.2 Å². The van der Waals surface area contributed by atoms with E-state index >= 15 is 0 Å². The predicted octanol–water partition coefficient (Wildman–Crippen LogP) is 2.40. The van der Waals surface area contributed by atoms with Crippen molar-refractivity contribution in [3.8, 4) is 11.5 Å². The van der Waals surface area contributed by atoms with Crippen LogP contribution in [0.2, 0.25) is 0 Å². The standard InChI is InChI=1S/C14H18O3/c1-9(15)10-4-5-11-12(8-10)14(17-3)7-6-13(11)16-2/h6-7,10H,4-5,8H2,1-3H3. The first kappa shape index (κ1) is 12.0. The number of ether oxygens (including phenoxy) is 2. The van der Waals surface area contributed by atoms with Crippen LogP contribution >= 0.6 is 0 Å². The van der Waals surface area contributed by atoms with Gasteiger partial charge in [0.2, 0.25) is 0 Å². The maximum absolute atomic E-state index is 11.5. The van der Waals surface area contributed by atoms with Crippen LogP contribution in [0.3, 0.4) is 0 Å². The molecule has 3 nitrogen and oxygen atoms in total. The Morgan fingerprint density at radius 3 is 2.29 bits per heavy atom. The molecule has 1 aliphatic rings. The smallest absolute Gasteiger partial charge is 0.133 e. The molecule has 0 radical (unpaired) electrons. The van der Waals surface area contributed by atoms with Gasteiger partial charge in [0.05, 0.1) is 14.2 Å². The van der Waals surface area contributed by atoms with Crippen molar-refractivity contribution in [2.24, 2.45) is 5.92 Å². The normalized spacial score (nSPS) is 18.4. The highest BCUT2D eigenvalue weighted by Crippen LogP contribution is 2.37. The molecule has 1 aromatic carbocycles. The summed E-state index contributed by atoms with van der Waals surface area (Å²) in [4.78, 5) is 11.5. The van der Waals surface area contributed by atoms with Gasteiger partial charge in [0, 0.05) is 17.0 Å². The first-order chi connectivity index (χ1) is 8.17. The van der Waals surface area contributed by atoms with Crippen molar-refractivity contribution in [1.82, 2.24) is 0 Å². The van der Waals surface area contributed by atoms with Crippen molar-refractivity contribution in [1.29, 1.82) is 0 Å². The summed E-state index contributed by atoms with van der Waals surface area (Å²) in [6.07, 6.45) is 2.57. The number of methoxy groups -OCH3 is 2. The van der Waals surface area contributed by atoms with Gasteiger partial charge in [-0.15, -0.1) is 0 Å². The van der Waals surface area contributed by atoms with E-state index in [-0.39, 0.29) is 11.7 Å². The fourth-order valence-corrected chi connectivity index (χ4v) is 2.54. The molecule has 2 rings (SSSR count). The van der Waals surface area contributed by atoms with Crippen LogP contribution in [-0.2, 0) is 17.6 Å².